The quantitative estimate of drug-likeness (QED) is 0.836. The zero-order valence-electron chi connectivity index (χ0n) is 10.7. The molecule has 19 heavy (non-hydrogen) atoms. The van der Waals surface area contributed by atoms with Gasteiger partial charge in [0.2, 0.25) is 0 Å². The summed E-state index contributed by atoms with van der Waals surface area (Å²) >= 11 is 0. The smallest absolute Gasteiger partial charge is 0.325 e. The van der Waals surface area contributed by atoms with Crippen molar-refractivity contribution in [2.45, 2.75) is 19.5 Å². The molecule has 0 saturated carbocycles. The first-order valence-electron chi connectivity index (χ1n) is 6.27. The average Bonchev–Trinajstić information content (AvgIpc) is 2.73. The summed E-state index contributed by atoms with van der Waals surface area (Å²) in [5.41, 5.74) is 3.08. The van der Waals surface area contributed by atoms with Crippen LogP contribution in [0.5, 0.6) is 0 Å². The molecule has 100 valence electrons. The molecule has 0 spiro atoms. The molecule has 0 bridgehead atoms. The molecule has 0 aliphatic carbocycles. The number of nitrogens with zero attached hydrogens (tertiary/aromatic N) is 1. The van der Waals surface area contributed by atoms with E-state index in [2.05, 4.69) is 5.32 Å². The van der Waals surface area contributed by atoms with E-state index in [1.165, 1.54) is 19.2 Å². The third kappa shape index (κ3) is 2.00. The number of aromatic nitrogens is 1. The third-order valence-corrected chi connectivity index (χ3v) is 3.60. The summed E-state index contributed by atoms with van der Waals surface area (Å²) in [4.78, 5) is 11.5. The minimum Gasteiger partial charge on any atom is -0.468 e. The second kappa shape index (κ2) is 4.66. The number of fused-ring (bicyclic) bond motifs is 3. The molecule has 5 heteroatoms. The first kappa shape index (κ1) is 12.2. The van der Waals surface area contributed by atoms with E-state index >= 15 is 0 Å². The van der Waals surface area contributed by atoms with Gasteiger partial charge >= 0.3 is 5.97 Å². The van der Waals surface area contributed by atoms with Crippen molar-refractivity contribution in [3.63, 3.8) is 0 Å². The molecule has 0 fully saturated rings. The molecule has 0 unspecified atom stereocenters. The number of hydrogen-bond acceptors (Lipinski definition) is 3. The number of esters is 1. The van der Waals surface area contributed by atoms with E-state index in [4.69, 9.17) is 4.74 Å². The molecule has 4 nitrogen and oxygen atoms in total. The topological polar surface area (TPSA) is 43.3 Å². The Morgan fingerprint density at radius 3 is 3.16 bits per heavy atom. The maximum Gasteiger partial charge on any atom is 0.325 e. The van der Waals surface area contributed by atoms with Crippen molar-refractivity contribution in [1.82, 2.24) is 9.88 Å². The van der Waals surface area contributed by atoms with Crippen LogP contribution in [-0.2, 0) is 29.0 Å². The first-order valence-corrected chi connectivity index (χ1v) is 6.27. The Bertz CT molecular complexity index is 648. The van der Waals surface area contributed by atoms with Crippen LogP contribution in [-0.4, -0.2) is 24.2 Å². The Kier molecular flexibility index (Phi) is 2.98. The lowest BCUT2D eigenvalue weighted by atomic mass is 10.1. The summed E-state index contributed by atoms with van der Waals surface area (Å²) in [6.45, 7) is 1.75. The Morgan fingerprint density at radius 2 is 2.37 bits per heavy atom. The fourth-order valence-electron chi connectivity index (χ4n) is 2.73. The number of nitrogens with one attached hydrogen (secondary N) is 1. The molecule has 3 rings (SSSR count). The monoisotopic (exact) mass is 262 g/mol. The maximum absolute atomic E-state index is 13.4. The molecule has 1 aromatic carbocycles. The van der Waals surface area contributed by atoms with Crippen LogP contribution in [0, 0.1) is 5.82 Å². The van der Waals surface area contributed by atoms with Crippen LogP contribution < -0.4 is 5.32 Å². The van der Waals surface area contributed by atoms with Gasteiger partial charge in [-0.15, -0.1) is 0 Å². The lowest BCUT2D eigenvalue weighted by Gasteiger charge is -2.16. The molecule has 0 saturated heterocycles. The van der Waals surface area contributed by atoms with E-state index < -0.39 is 0 Å². The molecule has 1 aliphatic rings. The second-order valence-electron chi connectivity index (χ2n) is 4.68. The summed E-state index contributed by atoms with van der Waals surface area (Å²) in [6, 6.07) is 4.69. The van der Waals surface area contributed by atoms with Crippen LogP contribution in [0.3, 0.4) is 0 Å². The van der Waals surface area contributed by atoms with Crippen LogP contribution >= 0.6 is 0 Å². The van der Waals surface area contributed by atoms with Crippen LogP contribution in [0.25, 0.3) is 10.9 Å². The summed E-state index contributed by atoms with van der Waals surface area (Å²) in [5, 5.41) is 4.16. The molecular formula is C14H15FN2O2. The van der Waals surface area contributed by atoms with Crippen molar-refractivity contribution in [3.05, 3.63) is 35.3 Å². The highest BCUT2D eigenvalue weighted by atomic mass is 19.1. The SMILES string of the molecule is COC(=O)Cn1c2c(c3cc(F)ccc31)CNCC2. The van der Waals surface area contributed by atoms with E-state index in [1.54, 1.807) is 6.07 Å². The lowest BCUT2D eigenvalue weighted by Crippen LogP contribution is -2.25. The van der Waals surface area contributed by atoms with Crippen molar-refractivity contribution >= 4 is 16.9 Å². The highest BCUT2D eigenvalue weighted by Gasteiger charge is 2.21. The normalized spacial score (nSPS) is 14.4. The summed E-state index contributed by atoms with van der Waals surface area (Å²) < 4.78 is 20.1. The zero-order valence-corrected chi connectivity index (χ0v) is 10.7. The highest BCUT2D eigenvalue weighted by Crippen LogP contribution is 2.29. The molecule has 1 N–H and O–H groups in total. The number of methoxy groups -OCH3 is 1. The highest BCUT2D eigenvalue weighted by molar-refractivity contribution is 5.87. The average molecular weight is 262 g/mol. The number of benzene rings is 1. The Labute approximate surface area is 110 Å². The Morgan fingerprint density at radius 1 is 1.53 bits per heavy atom. The van der Waals surface area contributed by atoms with E-state index in [0.717, 1.165) is 35.1 Å². The van der Waals surface area contributed by atoms with Crippen molar-refractivity contribution < 1.29 is 13.9 Å². The van der Waals surface area contributed by atoms with Gasteiger partial charge < -0.3 is 14.6 Å². The molecule has 1 aromatic heterocycles. The minimum absolute atomic E-state index is 0.175. The summed E-state index contributed by atoms with van der Waals surface area (Å²) in [6.07, 6.45) is 0.836. The van der Waals surface area contributed by atoms with Gasteiger partial charge in [0.15, 0.2) is 0 Å². The molecule has 2 heterocycles. The second-order valence-corrected chi connectivity index (χ2v) is 4.68. The fraction of sp³-hybridized carbons (Fsp3) is 0.357. The first-order chi connectivity index (χ1) is 9.20. The standard InChI is InChI=1S/C14H15FN2O2/c1-19-14(18)8-17-12-3-2-9(15)6-10(12)11-7-16-5-4-13(11)17/h2-3,6,16H,4-5,7-8H2,1H3. The maximum atomic E-state index is 13.4. The van der Waals surface area contributed by atoms with Gasteiger partial charge in [-0.3, -0.25) is 4.79 Å². The van der Waals surface area contributed by atoms with E-state index in [1.807, 2.05) is 4.57 Å². The van der Waals surface area contributed by atoms with Crippen molar-refractivity contribution in [1.29, 1.82) is 0 Å². The van der Waals surface area contributed by atoms with Gasteiger partial charge in [-0.25, -0.2) is 4.39 Å². The van der Waals surface area contributed by atoms with Gasteiger partial charge in [-0.2, -0.15) is 0 Å². The molecule has 1 aliphatic heterocycles. The van der Waals surface area contributed by atoms with Crippen LogP contribution in [0.2, 0.25) is 0 Å². The Balaban J connectivity index is 2.21. The van der Waals surface area contributed by atoms with E-state index in [-0.39, 0.29) is 18.3 Å². The minimum atomic E-state index is -0.289. The molecule has 0 radical (unpaired) electrons. The predicted octanol–water partition coefficient (Wildman–Crippen LogP) is 1.60. The number of rotatable bonds is 2. The van der Waals surface area contributed by atoms with Gasteiger partial charge in [0.1, 0.15) is 12.4 Å². The largest absolute Gasteiger partial charge is 0.468 e. The van der Waals surface area contributed by atoms with E-state index in [9.17, 15) is 9.18 Å². The van der Waals surface area contributed by atoms with E-state index in [0.29, 0.717) is 6.54 Å². The van der Waals surface area contributed by atoms with Crippen LogP contribution in [0.1, 0.15) is 11.3 Å². The lowest BCUT2D eigenvalue weighted by molar-refractivity contribution is -0.141. The number of ether oxygens (including phenoxy) is 1. The number of hydrogen-bond donors (Lipinski definition) is 1. The summed E-state index contributed by atoms with van der Waals surface area (Å²) in [7, 11) is 1.38. The molecule has 2 aromatic rings. The third-order valence-electron chi connectivity index (χ3n) is 3.60. The van der Waals surface area contributed by atoms with Gasteiger partial charge in [0.05, 0.1) is 7.11 Å². The van der Waals surface area contributed by atoms with Crippen LogP contribution in [0.4, 0.5) is 4.39 Å². The fourth-order valence-corrected chi connectivity index (χ4v) is 2.73. The van der Waals surface area contributed by atoms with Gasteiger partial charge in [0, 0.05) is 36.1 Å². The summed E-state index contributed by atoms with van der Waals surface area (Å²) in [5.74, 6) is -0.543. The molecule has 0 amide bonds. The van der Waals surface area contributed by atoms with Crippen molar-refractivity contribution in [2.75, 3.05) is 13.7 Å². The Hall–Kier alpha value is -1.88. The van der Waals surface area contributed by atoms with Crippen molar-refractivity contribution in [3.8, 4) is 0 Å². The molecule has 0 atom stereocenters. The predicted molar refractivity (Wildman–Crippen MR) is 69.3 cm³/mol. The van der Waals surface area contributed by atoms with Gasteiger partial charge in [-0.05, 0) is 23.8 Å². The zero-order chi connectivity index (χ0) is 13.4. The van der Waals surface area contributed by atoms with Crippen molar-refractivity contribution in [2.24, 2.45) is 0 Å². The number of halogens is 1. The number of carbonyl (C=O) groups is 1. The van der Waals surface area contributed by atoms with Gasteiger partial charge in [0.25, 0.3) is 0 Å². The molecular weight excluding hydrogens is 247 g/mol. The van der Waals surface area contributed by atoms with Crippen LogP contribution in [0.15, 0.2) is 18.2 Å². The number of carbonyl (C=O) groups excluding carboxylic acids is 1. The van der Waals surface area contributed by atoms with Gasteiger partial charge in [-0.1, -0.05) is 0 Å².